The third-order valence-electron chi connectivity index (χ3n) is 5.74. The van der Waals surface area contributed by atoms with Crippen molar-refractivity contribution in [3.63, 3.8) is 0 Å². The monoisotopic (exact) mass is 296 g/mol. The van der Waals surface area contributed by atoms with Crippen molar-refractivity contribution in [1.29, 1.82) is 0 Å². The average molecular weight is 296 g/mol. The summed E-state index contributed by atoms with van der Waals surface area (Å²) in [5, 5.41) is 12.2. The third kappa shape index (κ3) is 2.24. The number of rotatable bonds is 2. The molecule has 22 heavy (non-hydrogen) atoms. The molecule has 3 fully saturated rings. The van der Waals surface area contributed by atoms with Crippen LogP contribution in [0, 0.1) is 18.8 Å². The molecule has 3 nitrogen and oxygen atoms in total. The first-order valence-electron chi connectivity index (χ1n) is 8.41. The van der Waals surface area contributed by atoms with Gasteiger partial charge in [0.05, 0.1) is 11.6 Å². The van der Waals surface area contributed by atoms with E-state index in [1.54, 1.807) is 0 Å². The minimum absolute atomic E-state index is 0.265. The highest BCUT2D eigenvalue weighted by Gasteiger charge is 2.41. The van der Waals surface area contributed by atoms with Gasteiger partial charge < -0.3 is 5.11 Å². The lowest BCUT2D eigenvalue weighted by molar-refractivity contribution is -0.0510. The molecule has 3 heteroatoms. The number of hydrogen-bond donors (Lipinski definition) is 1. The Hall–Kier alpha value is -1.45. The summed E-state index contributed by atoms with van der Waals surface area (Å²) < 4.78 is 0. The van der Waals surface area contributed by atoms with Crippen LogP contribution in [-0.2, 0) is 0 Å². The Morgan fingerprint density at radius 1 is 1.32 bits per heavy atom. The van der Waals surface area contributed by atoms with Crippen LogP contribution in [0.25, 0.3) is 10.9 Å². The summed E-state index contributed by atoms with van der Waals surface area (Å²) in [5.41, 5.74) is 3.23. The molecule has 1 aromatic carbocycles. The summed E-state index contributed by atoms with van der Waals surface area (Å²) in [4.78, 5) is 6.94. The topological polar surface area (TPSA) is 36.4 Å². The van der Waals surface area contributed by atoms with Crippen LogP contribution in [0.1, 0.15) is 37.0 Å². The van der Waals surface area contributed by atoms with Gasteiger partial charge in [0.2, 0.25) is 0 Å². The highest BCUT2D eigenvalue weighted by molar-refractivity contribution is 5.83. The fourth-order valence-electron chi connectivity index (χ4n) is 4.41. The van der Waals surface area contributed by atoms with Crippen molar-refractivity contribution in [1.82, 2.24) is 9.88 Å². The summed E-state index contributed by atoms with van der Waals surface area (Å²) in [7, 11) is 0. The van der Waals surface area contributed by atoms with Crippen LogP contribution in [0.5, 0.6) is 0 Å². The van der Waals surface area contributed by atoms with Gasteiger partial charge in [-0.15, -0.1) is 0 Å². The molecule has 2 bridgehead atoms. The van der Waals surface area contributed by atoms with E-state index in [4.69, 9.17) is 0 Å². The van der Waals surface area contributed by atoms with Gasteiger partial charge in [-0.25, -0.2) is 0 Å². The van der Waals surface area contributed by atoms with Gasteiger partial charge in [0.25, 0.3) is 0 Å². The second-order valence-corrected chi connectivity index (χ2v) is 7.19. The lowest BCUT2D eigenvalue weighted by atomic mass is 9.74. The Labute approximate surface area is 132 Å². The maximum Gasteiger partial charge on any atom is 0.0952 e. The van der Waals surface area contributed by atoms with Crippen LogP contribution in [0.2, 0.25) is 0 Å². The van der Waals surface area contributed by atoms with Crippen LogP contribution in [0.3, 0.4) is 0 Å². The summed E-state index contributed by atoms with van der Waals surface area (Å²) in [6.07, 6.45) is 3.83. The van der Waals surface area contributed by atoms with Gasteiger partial charge in [0.1, 0.15) is 0 Å². The maximum absolute atomic E-state index is 11.1. The van der Waals surface area contributed by atoms with Crippen LogP contribution < -0.4 is 0 Å². The first-order valence-corrected chi connectivity index (χ1v) is 8.41. The first kappa shape index (κ1) is 14.2. The van der Waals surface area contributed by atoms with Crippen molar-refractivity contribution in [2.24, 2.45) is 11.8 Å². The van der Waals surface area contributed by atoms with E-state index in [1.807, 2.05) is 12.3 Å². The zero-order valence-electron chi connectivity index (χ0n) is 13.4. The molecule has 0 amide bonds. The first-order chi connectivity index (χ1) is 10.6. The van der Waals surface area contributed by atoms with Gasteiger partial charge in [-0.2, -0.15) is 0 Å². The largest absolute Gasteiger partial charge is 0.387 e. The number of aryl methyl sites for hydroxylation is 1. The molecule has 2 aromatic rings. The standard InChI is InChI=1S/C19H24N2O/c1-12-3-4-17-16(9-12)15(5-7-20-17)19(22)18-10-14-6-8-21(18)11-13(14)2/h3-5,7,9,13-14,18-19,22H,6,8,10-11H2,1-2H3/t13?,14?,18?,19-/m1/s1. The number of piperidine rings is 3. The second kappa shape index (κ2) is 5.32. The molecule has 0 spiro atoms. The van der Waals surface area contributed by atoms with Gasteiger partial charge in [-0.1, -0.05) is 18.6 Å². The highest BCUT2D eigenvalue weighted by Crippen LogP contribution is 2.41. The average Bonchev–Trinajstić information content (AvgIpc) is 2.54. The van der Waals surface area contributed by atoms with Crippen molar-refractivity contribution in [3.8, 4) is 0 Å². The smallest absolute Gasteiger partial charge is 0.0952 e. The number of nitrogens with zero attached hydrogens (tertiary/aromatic N) is 2. The molecule has 4 heterocycles. The number of aliphatic hydroxyl groups is 1. The summed E-state index contributed by atoms with van der Waals surface area (Å²) in [5.74, 6) is 1.55. The summed E-state index contributed by atoms with van der Waals surface area (Å²) >= 11 is 0. The molecule has 0 radical (unpaired) electrons. The molecule has 5 atom stereocenters. The Balaban J connectivity index is 1.71. The second-order valence-electron chi connectivity index (χ2n) is 7.19. The number of aromatic nitrogens is 1. The molecule has 0 aliphatic carbocycles. The van der Waals surface area contributed by atoms with E-state index in [0.29, 0.717) is 0 Å². The Bertz CT molecular complexity index is 699. The highest BCUT2D eigenvalue weighted by atomic mass is 16.3. The quantitative estimate of drug-likeness (QED) is 0.923. The number of pyridine rings is 1. The van der Waals surface area contributed by atoms with E-state index >= 15 is 0 Å². The van der Waals surface area contributed by atoms with Crippen LogP contribution >= 0.6 is 0 Å². The van der Waals surface area contributed by atoms with Crippen molar-refractivity contribution >= 4 is 10.9 Å². The zero-order chi connectivity index (χ0) is 15.3. The molecule has 4 unspecified atom stereocenters. The van der Waals surface area contributed by atoms with Gasteiger partial charge in [-0.3, -0.25) is 9.88 Å². The Morgan fingerprint density at radius 2 is 2.18 bits per heavy atom. The van der Waals surface area contributed by atoms with Crippen LogP contribution in [-0.4, -0.2) is 34.1 Å². The fraction of sp³-hybridized carbons (Fsp3) is 0.526. The molecule has 116 valence electrons. The van der Waals surface area contributed by atoms with Gasteiger partial charge in [0, 0.05) is 24.2 Å². The lowest BCUT2D eigenvalue weighted by Gasteiger charge is -2.50. The molecule has 3 saturated heterocycles. The van der Waals surface area contributed by atoms with Gasteiger partial charge in [0.15, 0.2) is 0 Å². The van der Waals surface area contributed by atoms with Crippen molar-refractivity contribution < 1.29 is 5.11 Å². The Kier molecular flexibility index (Phi) is 3.43. The molecular formula is C19H24N2O. The summed E-state index contributed by atoms with van der Waals surface area (Å²) in [6.45, 7) is 6.72. The SMILES string of the molecule is Cc1ccc2nccc([C@@H](O)C3CC4CCN3CC4C)c2c1. The number of fused-ring (bicyclic) bond motifs is 4. The minimum atomic E-state index is -0.414. The van der Waals surface area contributed by atoms with Crippen molar-refractivity contribution in [2.75, 3.05) is 13.1 Å². The molecule has 3 aliphatic heterocycles. The van der Waals surface area contributed by atoms with E-state index in [0.717, 1.165) is 47.8 Å². The van der Waals surface area contributed by atoms with Crippen LogP contribution in [0.15, 0.2) is 30.5 Å². The lowest BCUT2D eigenvalue weighted by Crippen LogP contribution is -2.54. The van der Waals surface area contributed by atoms with Crippen molar-refractivity contribution in [2.45, 2.75) is 38.8 Å². The fourth-order valence-corrected chi connectivity index (χ4v) is 4.41. The zero-order valence-corrected chi connectivity index (χ0v) is 13.4. The maximum atomic E-state index is 11.1. The van der Waals surface area contributed by atoms with E-state index in [9.17, 15) is 5.11 Å². The number of aliphatic hydroxyl groups excluding tert-OH is 1. The van der Waals surface area contributed by atoms with Crippen LogP contribution in [0.4, 0.5) is 0 Å². The van der Waals surface area contributed by atoms with Gasteiger partial charge >= 0.3 is 0 Å². The molecule has 5 rings (SSSR count). The molecule has 1 N–H and O–H groups in total. The number of benzene rings is 1. The predicted molar refractivity (Wildman–Crippen MR) is 88.7 cm³/mol. The Morgan fingerprint density at radius 3 is 2.91 bits per heavy atom. The van der Waals surface area contributed by atoms with E-state index in [1.165, 1.54) is 12.0 Å². The molecule has 3 aliphatic rings. The van der Waals surface area contributed by atoms with E-state index in [2.05, 4.69) is 41.9 Å². The number of hydrogen-bond acceptors (Lipinski definition) is 3. The van der Waals surface area contributed by atoms with E-state index in [-0.39, 0.29) is 6.04 Å². The van der Waals surface area contributed by atoms with Gasteiger partial charge in [-0.05, 0) is 61.9 Å². The normalized spacial score (nSPS) is 32.3. The van der Waals surface area contributed by atoms with Crippen molar-refractivity contribution in [3.05, 3.63) is 41.6 Å². The molecule has 0 saturated carbocycles. The minimum Gasteiger partial charge on any atom is -0.387 e. The molecular weight excluding hydrogens is 272 g/mol. The van der Waals surface area contributed by atoms with E-state index < -0.39 is 6.10 Å². The predicted octanol–water partition coefficient (Wildman–Crippen LogP) is 3.31. The summed E-state index contributed by atoms with van der Waals surface area (Å²) in [6, 6.07) is 8.55. The molecule has 1 aromatic heterocycles. The third-order valence-corrected chi connectivity index (χ3v) is 5.74.